The maximum absolute atomic E-state index is 11.7. The van der Waals surface area contributed by atoms with Crippen LogP contribution in [0.3, 0.4) is 0 Å². The minimum absolute atomic E-state index is 0.0834. The van der Waals surface area contributed by atoms with E-state index in [1.165, 1.54) is 9.21 Å². The summed E-state index contributed by atoms with van der Waals surface area (Å²) >= 11 is 0. The molecule has 1 rings (SSSR count). The van der Waals surface area contributed by atoms with Crippen LogP contribution in [-0.4, -0.2) is 62.6 Å². The molecule has 1 atom stereocenters. The quantitative estimate of drug-likeness (QED) is 0.783. The lowest BCUT2D eigenvalue weighted by Crippen LogP contribution is -2.51. The molecular weight excluding hydrogens is 242 g/mol. The molecule has 1 aliphatic rings. The second kappa shape index (κ2) is 5.68. The van der Waals surface area contributed by atoms with Gasteiger partial charge in [-0.25, -0.2) is 13.2 Å². The highest BCUT2D eigenvalue weighted by molar-refractivity contribution is 7.89. The first kappa shape index (κ1) is 14.2. The Bertz CT molecular complexity index is 367. The van der Waals surface area contributed by atoms with Gasteiger partial charge in [0.25, 0.3) is 0 Å². The molecule has 6 nitrogen and oxygen atoms in total. The number of piperidine rings is 1. The fourth-order valence-corrected chi connectivity index (χ4v) is 2.98. The SMILES string of the molecule is CCS(=O)(=O)N1CCCC(NC(=O)N(C)C)C1. The van der Waals surface area contributed by atoms with E-state index in [0.717, 1.165) is 12.8 Å². The van der Waals surface area contributed by atoms with Gasteiger partial charge in [-0.15, -0.1) is 0 Å². The smallest absolute Gasteiger partial charge is 0.317 e. The van der Waals surface area contributed by atoms with Crippen molar-refractivity contribution in [1.82, 2.24) is 14.5 Å². The Morgan fingerprint density at radius 3 is 2.65 bits per heavy atom. The lowest BCUT2D eigenvalue weighted by Gasteiger charge is -2.32. The molecular formula is C10H21N3O3S. The predicted molar refractivity (Wildman–Crippen MR) is 66.3 cm³/mol. The van der Waals surface area contributed by atoms with Crippen molar-refractivity contribution >= 4 is 16.1 Å². The van der Waals surface area contributed by atoms with Crippen molar-refractivity contribution < 1.29 is 13.2 Å². The molecule has 1 N–H and O–H groups in total. The molecule has 0 saturated carbocycles. The Labute approximate surface area is 103 Å². The van der Waals surface area contributed by atoms with Gasteiger partial charge < -0.3 is 10.2 Å². The summed E-state index contributed by atoms with van der Waals surface area (Å²) < 4.78 is 24.9. The standard InChI is InChI=1S/C10H21N3O3S/c1-4-17(15,16)13-7-5-6-9(8-13)11-10(14)12(2)3/h9H,4-8H2,1-3H3,(H,11,14). The molecule has 100 valence electrons. The minimum Gasteiger partial charge on any atom is -0.334 e. The number of nitrogens with zero attached hydrogens (tertiary/aromatic N) is 2. The highest BCUT2D eigenvalue weighted by Gasteiger charge is 2.28. The van der Waals surface area contributed by atoms with Gasteiger partial charge in [-0.1, -0.05) is 0 Å². The first-order valence-electron chi connectivity index (χ1n) is 5.82. The van der Waals surface area contributed by atoms with E-state index in [1.54, 1.807) is 21.0 Å². The third-order valence-corrected chi connectivity index (χ3v) is 4.72. The van der Waals surface area contributed by atoms with Crippen molar-refractivity contribution in [3.05, 3.63) is 0 Å². The van der Waals surface area contributed by atoms with Crippen molar-refractivity contribution in [2.45, 2.75) is 25.8 Å². The van der Waals surface area contributed by atoms with Crippen LogP contribution in [0, 0.1) is 0 Å². The summed E-state index contributed by atoms with van der Waals surface area (Å²) in [4.78, 5) is 12.9. The molecule has 0 aromatic rings. The normalized spacial score (nSPS) is 22.2. The Kier molecular flexibility index (Phi) is 4.76. The summed E-state index contributed by atoms with van der Waals surface area (Å²) in [6.07, 6.45) is 1.62. The van der Waals surface area contributed by atoms with Gasteiger partial charge >= 0.3 is 6.03 Å². The van der Waals surface area contributed by atoms with Crippen LogP contribution >= 0.6 is 0 Å². The van der Waals surface area contributed by atoms with E-state index in [2.05, 4.69) is 5.32 Å². The molecule has 1 heterocycles. The number of hydrogen-bond acceptors (Lipinski definition) is 3. The number of rotatable bonds is 3. The van der Waals surface area contributed by atoms with E-state index in [4.69, 9.17) is 0 Å². The number of amides is 2. The summed E-state index contributed by atoms with van der Waals surface area (Å²) in [7, 11) is 0.189. The molecule has 0 aromatic carbocycles. The molecule has 0 bridgehead atoms. The lowest BCUT2D eigenvalue weighted by atomic mass is 10.1. The maximum atomic E-state index is 11.7. The summed E-state index contributed by atoms with van der Waals surface area (Å²) in [5, 5.41) is 2.83. The average molecular weight is 263 g/mol. The fourth-order valence-electron chi connectivity index (χ4n) is 1.80. The molecule has 0 radical (unpaired) electrons. The van der Waals surface area contributed by atoms with Crippen LogP contribution in [-0.2, 0) is 10.0 Å². The first-order valence-corrected chi connectivity index (χ1v) is 7.43. The van der Waals surface area contributed by atoms with Crippen molar-refractivity contribution in [3.63, 3.8) is 0 Å². The van der Waals surface area contributed by atoms with Crippen molar-refractivity contribution in [2.75, 3.05) is 32.9 Å². The van der Waals surface area contributed by atoms with Gasteiger partial charge in [-0.3, -0.25) is 0 Å². The zero-order valence-electron chi connectivity index (χ0n) is 10.6. The summed E-state index contributed by atoms with van der Waals surface area (Å²) in [6.45, 7) is 2.58. The molecule has 7 heteroatoms. The molecule has 17 heavy (non-hydrogen) atoms. The van der Waals surface area contributed by atoms with Gasteiger partial charge in [-0.05, 0) is 19.8 Å². The summed E-state index contributed by atoms with van der Waals surface area (Å²) in [5.74, 6) is 0.112. The Morgan fingerprint density at radius 2 is 2.12 bits per heavy atom. The van der Waals surface area contributed by atoms with Gasteiger partial charge in [0, 0.05) is 33.2 Å². The molecule has 0 aliphatic carbocycles. The van der Waals surface area contributed by atoms with E-state index >= 15 is 0 Å². The third kappa shape index (κ3) is 3.85. The van der Waals surface area contributed by atoms with Crippen molar-refractivity contribution in [3.8, 4) is 0 Å². The summed E-state index contributed by atoms with van der Waals surface area (Å²) in [5.41, 5.74) is 0. The largest absolute Gasteiger partial charge is 0.334 e. The highest BCUT2D eigenvalue weighted by Crippen LogP contribution is 2.14. The van der Waals surface area contributed by atoms with E-state index < -0.39 is 10.0 Å². The second-order valence-corrected chi connectivity index (χ2v) is 6.70. The maximum Gasteiger partial charge on any atom is 0.317 e. The van der Waals surface area contributed by atoms with E-state index in [1.807, 2.05) is 0 Å². The van der Waals surface area contributed by atoms with Gasteiger partial charge in [0.1, 0.15) is 0 Å². The van der Waals surface area contributed by atoms with Crippen LogP contribution in [0.5, 0.6) is 0 Å². The summed E-state index contributed by atoms with van der Waals surface area (Å²) in [6, 6.07) is -0.259. The zero-order valence-corrected chi connectivity index (χ0v) is 11.5. The molecule has 1 fully saturated rings. The van der Waals surface area contributed by atoms with Crippen LogP contribution in [0.4, 0.5) is 4.79 Å². The zero-order chi connectivity index (χ0) is 13.1. The van der Waals surface area contributed by atoms with Gasteiger partial charge in [-0.2, -0.15) is 4.31 Å². The van der Waals surface area contributed by atoms with Crippen LogP contribution in [0.15, 0.2) is 0 Å². The number of sulfonamides is 1. The molecule has 0 spiro atoms. The number of hydrogen-bond donors (Lipinski definition) is 1. The Hall–Kier alpha value is -0.820. The number of nitrogens with one attached hydrogen (secondary N) is 1. The van der Waals surface area contributed by atoms with Crippen LogP contribution in [0.1, 0.15) is 19.8 Å². The Morgan fingerprint density at radius 1 is 1.47 bits per heavy atom. The molecule has 0 aromatic heterocycles. The number of carbonyl (C=O) groups excluding carboxylic acids is 1. The van der Waals surface area contributed by atoms with Crippen LogP contribution in [0.25, 0.3) is 0 Å². The van der Waals surface area contributed by atoms with E-state index in [-0.39, 0.29) is 17.8 Å². The van der Waals surface area contributed by atoms with Crippen molar-refractivity contribution in [1.29, 1.82) is 0 Å². The lowest BCUT2D eigenvalue weighted by molar-refractivity contribution is 0.203. The molecule has 2 amide bonds. The average Bonchev–Trinajstić information content (AvgIpc) is 2.29. The third-order valence-electron chi connectivity index (χ3n) is 2.88. The van der Waals surface area contributed by atoms with Gasteiger partial charge in [0.2, 0.25) is 10.0 Å². The predicted octanol–water partition coefficient (Wildman–Crippen LogP) is 0.0717. The number of carbonyl (C=O) groups is 1. The Balaban J connectivity index is 2.58. The van der Waals surface area contributed by atoms with Gasteiger partial charge in [0.05, 0.1) is 5.75 Å². The monoisotopic (exact) mass is 263 g/mol. The molecule has 1 aliphatic heterocycles. The first-order chi connectivity index (χ1) is 7.86. The van der Waals surface area contributed by atoms with Crippen LogP contribution in [0.2, 0.25) is 0 Å². The topological polar surface area (TPSA) is 69.7 Å². The van der Waals surface area contributed by atoms with E-state index in [9.17, 15) is 13.2 Å². The number of urea groups is 1. The van der Waals surface area contributed by atoms with Crippen molar-refractivity contribution in [2.24, 2.45) is 0 Å². The minimum atomic E-state index is -3.14. The van der Waals surface area contributed by atoms with Gasteiger partial charge in [0.15, 0.2) is 0 Å². The van der Waals surface area contributed by atoms with E-state index in [0.29, 0.717) is 13.1 Å². The molecule has 1 unspecified atom stereocenters. The highest BCUT2D eigenvalue weighted by atomic mass is 32.2. The molecule has 1 saturated heterocycles. The second-order valence-electron chi connectivity index (χ2n) is 4.44. The van der Waals surface area contributed by atoms with Crippen LogP contribution < -0.4 is 5.32 Å². The fraction of sp³-hybridized carbons (Fsp3) is 0.900.